The number of hydrogen-bond donors (Lipinski definition) is 3. The molecule has 0 heterocycles. The molecule has 3 amide bonds. The van der Waals surface area contributed by atoms with Crippen LogP contribution in [0.15, 0.2) is 0 Å². The fourth-order valence-corrected chi connectivity index (χ4v) is 0.774. The van der Waals surface area contributed by atoms with E-state index in [0.717, 1.165) is 6.42 Å². The third kappa shape index (κ3) is 7.01. The number of unbranched alkanes of at least 4 members (excludes halogenated alkanes) is 2. The number of nitrogens with two attached hydrogens (primary N) is 1. The van der Waals surface area contributed by atoms with Crippen molar-refractivity contribution in [2.45, 2.75) is 25.7 Å². The monoisotopic (exact) mass is 174 g/mol. The highest BCUT2D eigenvalue weighted by Gasteiger charge is 2.02. The van der Waals surface area contributed by atoms with Crippen molar-refractivity contribution < 1.29 is 14.7 Å². The minimum absolute atomic E-state index is 0.136. The van der Waals surface area contributed by atoms with Gasteiger partial charge in [0.05, 0.1) is 0 Å². The standard InChI is InChI=1S/C7H14N2O3/c8-7(12)9-6(11)4-2-1-3-5-10/h10H,1-5H2,(H3,8,9,11,12). The van der Waals surface area contributed by atoms with Gasteiger partial charge in [0.15, 0.2) is 0 Å². The molecule has 0 fully saturated rings. The fourth-order valence-electron chi connectivity index (χ4n) is 0.774. The first kappa shape index (κ1) is 10.9. The van der Waals surface area contributed by atoms with E-state index >= 15 is 0 Å². The molecular weight excluding hydrogens is 160 g/mol. The van der Waals surface area contributed by atoms with Gasteiger partial charge < -0.3 is 10.8 Å². The summed E-state index contributed by atoms with van der Waals surface area (Å²) in [7, 11) is 0. The van der Waals surface area contributed by atoms with Crippen LogP contribution in [0.5, 0.6) is 0 Å². The Morgan fingerprint density at radius 3 is 2.42 bits per heavy atom. The van der Waals surface area contributed by atoms with E-state index in [1.807, 2.05) is 5.32 Å². The fraction of sp³-hybridized carbons (Fsp3) is 0.714. The van der Waals surface area contributed by atoms with Crippen molar-refractivity contribution in [1.29, 1.82) is 0 Å². The second-order valence-electron chi connectivity index (χ2n) is 2.45. The molecule has 5 heteroatoms. The van der Waals surface area contributed by atoms with E-state index < -0.39 is 6.03 Å². The van der Waals surface area contributed by atoms with Crippen LogP contribution in [0, 0.1) is 0 Å². The summed E-state index contributed by atoms with van der Waals surface area (Å²) in [5, 5.41) is 10.4. The lowest BCUT2D eigenvalue weighted by Crippen LogP contribution is -2.34. The van der Waals surface area contributed by atoms with Gasteiger partial charge in [-0.25, -0.2) is 4.79 Å². The van der Waals surface area contributed by atoms with Crippen molar-refractivity contribution in [3.8, 4) is 0 Å². The first-order valence-electron chi connectivity index (χ1n) is 3.87. The Balaban J connectivity index is 3.26. The average molecular weight is 174 g/mol. The topological polar surface area (TPSA) is 92.4 Å². The van der Waals surface area contributed by atoms with Crippen LogP contribution in [0.25, 0.3) is 0 Å². The highest BCUT2D eigenvalue weighted by atomic mass is 16.3. The first-order chi connectivity index (χ1) is 5.66. The largest absolute Gasteiger partial charge is 0.396 e. The molecule has 0 aromatic carbocycles. The van der Waals surface area contributed by atoms with Crippen LogP contribution in [0.2, 0.25) is 0 Å². The van der Waals surface area contributed by atoms with E-state index in [1.165, 1.54) is 0 Å². The number of aliphatic hydroxyl groups excluding tert-OH is 1. The smallest absolute Gasteiger partial charge is 0.318 e. The SMILES string of the molecule is NC(=O)NC(=O)CCCCCO. The third-order valence-electron chi connectivity index (χ3n) is 1.32. The zero-order chi connectivity index (χ0) is 9.40. The Kier molecular flexibility index (Phi) is 6.00. The zero-order valence-electron chi connectivity index (χ0n) is 6.88. The van der Waals surface area contributed by atoms with Crippen LogP contribution >= 0.6 is 0 Å². The van der Waals surface area contributed by atoms with Gasteiger partial charge in [-0.1, -0.05) is 6.42 Å². The molecule has 0 aliphatic heterocycles. The number of primary amides is 1. The molecular formula is C7H14N2O3. The predicted octanol–water partition coefficient (Wildman–Crippen LogP) is -0.266. The summed E-state index contributed by atoms with van der Waals surface area (Å²) < 4.78 is 0. The van der Waals surface area contributed by atoms with Crippen molar-refractivity contribution in [3.05, 3.63) is 0 Å². The lowest BCUT2D eigenvalue weighted by molar-refractivity contribution is -0.120. The van der Waals surface area contributed by atoms with E-state index in [0.29, 0.717) is 12.8 Å². The number of carbonyl (C=O) groups is 2. The summed E-state index contributed by atoms with van der Waals surface area (Å²) in [6.07, 6.45) is 2.41. The molecule has 0 aromatic rings. The van der Waals surface area contributed by atoms with Gasteiger partial charge in [-0.3, -0.25) is 10.1 Å². The normalized spacial score (nSPS) is 9.42. The van der Waals surface area contributed by atoms with Gasteiger partial charge >= 0.3 is 6.03 Å². The number of aliphatic hydroxyl groups is 1. The highest BCUT2D eigenvalue weighted by Crippen LogP contribution is 1.98. The molecule has 0 unspecified atom stereocenters. The Hall–Kier alpha value is -1.10. The molecule has 0 spiro atoms. The van der Waals surface area contributed by atoms with E-state index in [1.54, 1.807) is 0 Å². The van der Waals surface area contributed by atoms with E-state index in [9.17, 15) is 9.59 Å². The minimum Gasteiger partial charge on any atom is -0.396 e. The van der Waals surface area contributed by atoms with Crippen LogP contribution in [0.3, 0.4) is 0 Å². The number of imide groups is 1. The first-order valence-corrected chi connectivity index (χ1v) is 3.87. The number of hydrogen-bond acceptors (Lipinski definition) is 3. The van der Waals surface area contributed by atoms with Gasteiger partial charge in [0.2, 0.25) is 5.91 Å². The molecule has 0 radical (unpaired) electrons. The summed E-state index contributed by atoms with van der Waals surface area (Å²) in [5.41, 5.74) is 4.71. The maximum Gasteiger partial charge on any atom is 0.318 e. The van der Waals surface area contributed by atoms with Crippen molar-refractivity contribution in [2.24, 2.45) is 5.73 Å². The van der Waals surface area contributed by atoms with Crippen molar-refractivity contribution in [3.63, 3.8) is 0 Å². The zero-order valence-corrected chi connectivity index (χ0v) is 6.88. The summed E-state index contributed by atoms with van der Waals surface area (Å²) in [5.74, 6) is -0.361. The van der Waals surface area contributed by atoms with Gasteiger partial charge in [0.25, 0.3) is 0 Å². The van der Waals surface area contributed by atoms with Gasteiger partial charge in [0.1, 0.15) is 0 Å². The summed E-state index contributed by atoms with van der Waals surface area (Å²) in [6, 6.07) is -0.817. The van der Waals surface area contributed by atoms with Crippen LogP contribution in [-0.4, -0.2) is 23.7 Å². The van der Waals surface area contributed by atoms with Gasteiger partial charge in [-0.15, -0.1) is 0 Å². The van der Waals surface area contributed by atoms with Gasteiger partial charge in [-0.2, -0.15) is 0 Å². The molecule has 70 valence electrons. The van der Waals surface area contributed by atoms with Crippen LogP contribution in [0.4, 0.5) is 4.79 Å². The molecule has 0 rings (SSSR count). The second kappa shape index (κ2) is 6.60. The predicted molar refractivity (Wildman–Crippen MR) is 43.3 cm³/mol. The lowest BCUT2D eigenvalue weighted by atomic mass is 10.2. The Morgan fingerprint density at radius 1 is 1.25 bits per heavy atom. The van der Waals surface area contributed by atoms with Crippen molar-refractivity contribution in [1.82, 2.24) is 5.32 Å². The van der Waals surface area contributed by atoms with E-state index in [2.05, 4.69) is 0 Å². The molecule has 0 aliphatic carbocycles. The lowest BCUT2D eigenvalue weighted by Gasteiger charge is -1.99. The van der Waals surface area contributed by atoms with Gasteiger partial charge in [0, 0.05) is 13.0 Å². The molecule has 0 aromatic heterocycles. The summed E-state index contributed by atoms with van der Waals surface area (Å²) in [4.78, 5) is 20.9. The molecule has 5 nitrogen and oxygen atoms in total. The molecule has 0 saturated carbocycles. The van der Waals surface area contributed by atoms with Gasteiger partial charge in [-0.05, 0) is 12.8 Å². The Morgan fingerprint density at radius 2 is 1.92 bits per heavy atom. The maximum absolute atomic E-state index is 10.7. The quantitative estimate of drug-likeness (QED) is 0.501. The molecule has 0 bridgehead atoms. The van der Waals surface area contributed by atoms with E-state index in [4.69, 9.17) is 10.8 Å². The summed E-state index contributed by atoms with van der Waals surface area (Å²) in [6.45, 7) is 0.136. The summed E-state index contributed by atoms with van der Waals surface area (Å²) >= 11 is 0. The number of carbonyl (C=O) groups excluding carboxylic acids is 2. The molecule has 0 atom stereocenters. The minimum atomic E-state index is -0.817. The van der Waals surface area contributed by atoms with Crippen molar-refractivity contribution >= 4 is 11.9 Å². The molecule has 12 heavy (non-hydrogen) atoms. The number of rotatable bonds is 5. The Bertz CT molecular complexity index is 159. The highest BCUT2D eigenvalue weighted by molar-refractivity contribution is 5.93. The number of nitrogens with one attached hydrogen (secondary N) is 1. The third-order valence-corrected chi connectivity index (χ3v) is 1.32. The van der Waals surface area contributed by atoms with Crippen LogP contribution < -0.4 is 11.1 Å². The second-order valence-corrected chi connectivity index (χ2v) is 2.45. The molecule has 4 N–H and O–H groups in total. The average Bonchev–Trinajstić information content (AvgIpc) is 1.97. The van der Waals surface area contributed by atoms with E-state index in [-0.39, 0.29) is 18.9 Å². The number of urea groups is 1. The molecule has 0 saturated heterocycles. The number of amides is 3. The Labute approximate surface area is 70.9 Å². The van der Waals surface area contributed by atoms with Crippen LogP contribution in [-0.2, 0) is 4.79 Å². The maximum atomic E-state index is 10.7. The van der Waals surface area contributed by atoms with Crippen molar-refractivity contribution in [2.75, 3.05) is 6.61 Å². The molecule has 0 aliphatic rings. The van der Waals surface area contributed by atoms with Crippen LogP contribution in [0.1, 0.15) is 25.7 Å².